The lowest BCUT2D eigenvalue weighted by Crippen LogP contribution is -2.14. The summed E-state index contributed by atoms with van der Waals surface area (Å²) in [6, 6.07) is 7.52. The molecule has 0 aliphatic heterocycles. The molecule has 3 rings (SSSR count). The van der Waals surface area contributed by atoms with Crippen LogP contribution in [0.1, 0.15) is 29.8 Å². The molecule has 2 aromatic rings. The zero-order chi connectivity index (χ0) is 14.8. The number of aryl methyl sites for hydroxylation is 1. The van der Waals surface area contributed by atoms with Gasteiger partial charge in [0.2, 0.25) is 0 Å². The number of aromatic nitrogens is 1. The van der Waals surface area contributed by atoms with Gasteiger partial charge in [0.1, 0.15) is 5.92 Å². The molecular formula is C15H15ClN2O2S. The van der Waals surface area contributed by atoms with E-state index in [2.05, 4.69) is 10.3 Å². The quantitative estimate of drug-likeness (QED) is 0.860. The summed E-state index contributed by atoms with van der Waals surface area (Å²) in [6.07, 6.45) is 1.67. The first-order valence-corrected chi connectivity index (χ1v) is 8.06. The Morgan fingerprint density at radius 3 is 3.10 bits per heavy atom. The average Bonchev–Trinajstić information content (AvgIpc) is 3.01. The summed E-state index contributed by atoms with van der Waals surface area (Å²) in [7, 11) is 0. The van der Waals surface area contributed by atoms with Gasteiger partial charge in [0.05, 0.1) is 23.0 Å². The van der Waals surface area contributed by atoms with Crippen LogP contribution in [-0.4, -0.2) is 17.6 Å². The van der Waals surface area contributed by atoms with Gasteiger partial charge in [0.15, 0.2) is 5.13 Å². The Kier molecular flexibility index (Phi) is 4.12. The number of hydrogen-bond acceptors (Lipinski definition) is 5. The molecule has 1 aliphatic rings. The first-order chi connectivity index (χ1) is 10.2. The Balaban J connectivity index is 1.81. The second-order valence-corrected chi connectivity index (χ2v) is 6.27. The van der Waals surface area contributed by atoms with Crippen molar-refractivity contribution >= 4 is 39.7 Å². The fraction of sp³-hybridized carbons (Fsp3) is 0.333. The summed E-state index contributed by atoms with van der Waals surface area (Å²) in [4.78, 5) is 17.6. The molecule has 1 heterocycles. The minimum absolute atomic E-state index is 0.175. The fourth-order valence-corrected chi connectivity index (χ4v) is 3.66. The maximum absolute atomic E-state index is 11.9. The Bertz CT molecular complexity index is 671. The molecule has 0 spiro atoms. The maximum Gasteiger partial charge on any atom is 0.315 e. The fourth-order valence-electron chi connectivity index (χ4n) is 2.43. The number of esters is 1. The Morgan fingerprint density at radius 1 is 1.52 bits per heavy atom. The third kappa shape index (κ3) is 2.89. The van der Waals surface area contributed by atoms with Crippen molar-refractivity contribution in [2.45, 2.75) is 25.7 Å². The van der Waals surface area contributed by atoms with E-state index in [4.69, 9.17) is 16.3 Å². The van der Waals surface area contributed by atoms with Crippen molar-refractivity contribution in [3.63, 3.8) is 0 Å². The monoisotopic (exact) mass is 322 g/mol. The summed E-state index contributed by atoms with van der Waals surface area (Å²) < 4.78 is 5.11. The number of fused-ring (bicyclic) bond motifs is 1. The van der Waals surface area contributed by atoms with Crippen molar-refractivity contribution < 1.29 is 9.53 Å². The zero-order valence-corrected chi connectivity index (χ0v) is 13.1. The molecule has 1 aromatic carbocycles. The molecule has 1 aromatic heterocycles. The van der Waals surface area contributed by atoms with E-state index in [1.807, 2.05) is 31.2 Å². The van der Waals surface area contributed by atoms with Gasteiger partial charge in [-0.05, 0) is 31.9 Å². The van der Waals surface area contributed by atoms with E-state index in [0.717, 1.165) is 34.2 Å². The minimum Gasteiger partial charge on any atom is -0.465 e. The van der Waals surface area contributed by atoms with Crippen LogP contribution in [0.25, 0.3) is 0 Å². The van der Waals surface area contributed by atoms with E-state index in [1.54, 1.807) is 11.3 Å². The summed E-state index contributed by atoms with van der Waals surface area (Å²) in [6.45, 7) is 2.22. The largest absolute Gasteiger partial charge is 0.465 e. The van der Waals surface area contributed by atoms with Gasteiger partial charge in [-0.25, -0.2) is 4.98 Å². The number of ether oxygens (including phenoxy) is 1. The molecule has 21 heavy (non-hydrogen) atoms. The lowest BCUT2D eigenvalue weighted by atomic mass is 10.1. The van der Waals surface area contributed by atoms with Gasteiger partial charge < -0.3 is 10.1 Å². The number of hydrogen-bond donors (Lipinski definition) is 1. The molecule has 110 valence electrons. The molecule has 4 nitrogen and oxygen atoms in total. The minimum atomic E-state index is -0.224. The lowest BCUT2D eigenvalue weighted by Gasteiger charge is -2.08. The van der Waals surface area contributed by atoms with Gasteiger partial charge in [-0.3, -0.25) is 4.79 Å². The standard InChI is InChI=1S/C15H15ClN2O2S/c1-2-20-14(19)9-7-8-12-13(9)18-15(21-12)17-11-6-4-3-5-10(11)16/h3-6,9H,2,7-8H2,1H3,(H,17,18). The molecule has 0 amide bonds. The number of carbonyl (C=O) groups excluding carboxylic acids is 1. The van der Waals surface area contributed by atoms with Gasteiger partial charge in [-0.2, -0.15) is 0 Å². The van der Waals surface area contributed by atoms with Crippen molar-refractivity contribution in [3.05, 3.63) is 39.9 Å². The third-order valence-corrected chi connectivity index (χ3v) is 4.78. The Morgan fingerprint density at radius 2 is 2.33 bits per heavy atom. The smallest absolute Gasteiger partial charge is 0.315 e. The van der Waals surface area contributed by atoms with Crippen molar-refractivity contribution in [3.8, 4) is 0 Å². The molecule has 1 unspecified atom stereocenters. The predicted octanol–water partition coefficient (Wildman–Crippen LogP) is 4.13. The maximum atomic E-state index is 11.9. The number of nitrogens with zero attached hydrogens (tertiary/aromatic N) is 1. The Hall–Kier alpha value is -1.59. The lowest BCUT2D eigenvalue weighted by molar-refractivity contribution is -0.145. The molecule has 0 saturated heterocycles. The summed E-state index contributed by atoms with van der Waals surface area (Å²) in [5.74, 6) is -0.399. The van der Waals surface area contributed by atoms with Crippen LogP contribution in [0.2, 0.25) is 5.02 Å². The highest BCUT2D eigenvalue weighted by Crippen LogP contribution is 2.40. The molecule has 1 N–H and O–H groups in total. The van der Waals surface area contributed by atoms with E-state index < -0.39 is 0 Å². The van der Waals surface area contributed by atoms with E-state index in [0.29, 0.717) is 11.6 Å². The van der Waals surface area contributed by atoms with Crippen molar-refractivity contribution in [2.24, 2.45) is 0 Å². The van der Waals surface area contributed by atoms with Gasteiger partial charge in [0.25, 0.3) is 0 Å². The number of para-hydroxylation sites is 1. The number of carbonyl (C=O) groups is 1. The summed E-state index contributed by atoms with van der Waals surface area (Å²) >= 11 is 7.71. The molecule has 0 fully saturated rings. The van der Waals surface area contributed by atoms with E-state index in [1.165, 1.54) is 0 Å². The van der Waals surface area contributed by atoms with Crippen LogP contribution in [0.5, 0.6) is 0 Å². The topological polar surface area (TPSA) is 51.2 Å². The number of anilines is 2. The van der Waals surface area contributed by atoms with E-state index in [-0.39, 0.29) is 11.9 Å². The zero-order valence-electron chi connectivity index (χ0n) is 11.6. The third-order valence-electron chi connectivity index (χ3n) is 3.40. The number of rotatable bonds is 4. The van der Waals surface area contributed by atoms with Gasteiger partial charge >= 0.3 is 5.97 Å². The number of nitrogens with one attached hydrogen (secondary N) is 1. The molecule has 0 saturated carbocycles. The SMILES string of the molecule is CCOC(=O)C1CCc2sc(Nc3ccccc3Cl)nc21. The van der Waals surface area contributed by atoms with Crippen LogP contribution >= 0.6 is 22.9 Å². The first kappa shape index (κ1) is 14.4. The number of halogens is 1. The van der Waals surface area contributed by atoms with Crippen LogP contribution < -0.4 is 5.32 Å². The molecular weight excluding hydrogens is 308 g/mol. The summed E-state index contributed by atoms with van der Waals surface area (Å²) in [5.41, 5.74) is 1.67. The molecule has 0 radical (unpaired) electrons. The highest BCUT2D eigenvalue weighted by molar-refractivity contribution is 7.15. The normalized spacial score (nSPS) is 16.6. The molecule has 1 atom stereocenters. The van der Waals surface area contributed by atoms with Crippen LogP contribution in [0.15, 0.2) is 24.3 Å². The van der Waals surface area contributed by atoms with Crippen molar-refractivity contribution in [1.82, 2.24) is 4.98 Å². The highest BCUT2D eigenvalue weighted by Gasteiger charge is 2.33. The van der Waals surface area contributed by atoms with E-state index >= 15 is 0 Å². The second kappa shape index (κ2) is 6.03. The van der Waals surface area contributed by atoms with Crippen LogP contribution in [-0.2, 0) is 16.0 Å². The predicted molar refractivity (Wildman–Crippen MR) is 84.5 cm³/mol. The van der Waals surface area contributed by atoms with Gasteiger partial charge in [-0.1, -0.05) is 23.7 Å². The second-order valence-electron chi connectivity index (χ2n) is 4.78. The molecule has 0 bridgehead atoms. The van der Waals surface area contributed by atoms with Crippen LogP contribution in [0.3, 0.4) is 0 Å². The first-order valence-electron chi connectivity index (χ1n) is 6.86. The van der Waals surface area contributed by atoms with Gasteiger partial charge in [-0.15, -0.1) is 11.3 Å². The van der Waals surface area contributed by atoms with E-state index in [9.17, 15) is 4.79 Å². The molecule has 1 aliphatic carbocycles. The van der Waals surface area contributed by atoms with Crippen LogP contribution in [0, 0.1) is 0 Å². The number of benzene rings is 1. The number of thiazole rings is 1. The highest BCUT2D eigenvalue weighted by atomic mass is 35.5. The molecule has 6 heteroatoms. The van der Waals surface area contributed by atoms with Crippen LogP contribution in [0.4, 0.5) is 10.8 Å². The summed E-state index contributed by atoms with van der Waals surface area (Å²) in [5, 5.41) is 4.63. The average molecular weight is 323 g/mol. The Labute approximate surface area is 132 Å². The van der Waals surface area contributed by atoms with Crippen molar-refractivity contribution in [1.29, 1.82) is 0 Å². The van der Waals surface area contributed by atoms with Crippen molar-refractivity contribution in [2.75, 3.05) is 11.9 Å². The van der Waals surface area contributed by atoms with Gasteiger partial charge in [0, 0.05) is 4.88 Å².